The summed E-state index contributed by atoms with van der Waals surface area (Å²) in [5, 5.41) is 0. The van der Waals surface area contributed by atoms with Crippen LogP contribution in [0.1, 0.15) is 23.3 Å². The van der Waals surface area contributed by atoms with Gasteiger partial charge in [0.05, 0.1) is 71.1 Å². The Balaban J connectivity index is 0.000000280. The number of esters is 6. The van der Waals surface area contributed by atoms with Gasteiger partial charge in [-0.3, -0.25) is 28.8 Å². The summed E-state index contributed by atoms with van der Waals surface area (Å²) in [5.74, 6) is -8.71. The topological polar surface area (TPSA) is 213 Å². The van der Waals surface area contributed by atoms with Crippen molar-refractivity contribution in [2.75, 3.05) is 71.1 Å². The van der Waals surface area contributed by atoms with E-state index in [-0.39, 0.29) is 23.0 Å². The number of cyclic esters (lactones) is 2. The second-order valence-electron chi connectivity index (χ2n) is 10.7. The van der Waals surface area contributed by atoms with Crippen LogP contribution in [0, 0.1) is 23.7 Å². The first-order chi connectivity index (χ1) is 24.9. The summed E-state index contributed by atoms with van der Waals surface area (Å²) in [6.07, 6.45) is -2.23. The molecule has 2 aliphatic heterocycles. The Morgan fingerprint density at radius 2 is 0.750 bits per heavy atom. The molecule has 2 saturated heterocycles. The molecule has 2 aliphatic rings. The lowest BCUT2D eigenvalue weighted by Gasteiger charge is -2.22. The van der Waals surface area contributed by atoms with E-state index in [0.29, 0.717) is 22.6 Å². The van der Waals surface area contributed by atoms with Crippen LogP contribution in [0.2, 0.25) is 0 Å². The highest BCUT2D eigenvalue weighted by Crippen LogP contribution is 2.50. The number of rotatable bonds is 12. The van der Waals surface area contributed by atoms with E-state index in [1.54, 1.807) is 24.3 Å². The van der Waals surface area contributed by atoms with Gasteiger partial charge in [0.25, 0.3) is 0 Å². The van der Waals surface area contributed by atoms with Crippen molar-refractivity contribution in [2.45, 2.75) is 12.2 Å². The van der Waals surface area contributed by atoms with E-state index >= 15 is 0 Å². The average molecular weight is 737 g/mol. The molecular formula is C34H40O18. The van der Waals surface area contributed by atoms with Crippen molar-refractivity contribution in [2.24, 2.45) is 23.7 Å². The van der Waals surface area contributed by atoms with Gasteiger partial charge in [0.1, 0.15) is 24.0 Å². The third-order valence-electron chi connectivity index (χ3n) is 8.30. The first-order valence-corrected chi connectivity index (χ1v) is 15.2. The van der Waals surface area contributed by atoms with Gasteiger partial charge in [0.2, 0.25) is 11.5 Å². The molecule has 2 aromatic rings. The van der Waals surface area contributed by atoms with Crippen LogP contribution in [-0.4, -0.2) is 107 Å². The lowest BCUT2D eigenvalue weighted by atomic mass is 9.86. The maximum atomic E-state index is 12.3. The second kappa shape index (κ2) is 17.8. The zero-order valence-electron chi connectivity index (χ0n) is 30.1. The zero-order valence-corrected chi connectivity index (χ0v) is 30.1. The van der Waals surface area contributed by atoms with E-state index in [2.05, 4.69) is 9.47 Å². The fraction of sp³-hybridized carbons (Fsp3) is 0.471. The van der Waals surface area contributed by atoms with Crippen LogP contribution >= 0.6 is 0 Å². The minimum Gasteiger partial charge on any atom is -0.493 e. The van der Waals surface area contributed by atoms with Gasteiger partial charge in [0, 0.05) is 11.1 Å². The van der Waals surface area contributed by atoms with Crippen molar-refractivity contribution in [1.29, 1.82) is 0 Å². The van der Waals surface area contributed by atoms with Gasteiger partial charge in [-0.25, -0.2) is 0 Å². The predicted molar refractivity (Wildman–Crippen MR) is 172 cm³/mol. The molecule has 2 heterocycles. The van der Waals surface area contributed by atoms with Gasteiger partial charge >= 0.3 is 35.8 Å². The Bertz CT molecular complexity index is 1550. The maximum Gasteiger partial charge on any atom is 0.322 e. The fourth-order valence-electron chi connectivity index (χ4n) is 5.93. The Kier molecular flexibility index (Phi) is 13.9. The number of carbonyl (C=O) groups excluding carboxylic acids is 6. The van der Waals surface area contributed by atoms with Crippen LogP contribution in [-0.2, 0) is 57.2 Å². The quantitative estimate of drug-likeness (QED) is 0.172. The van der Waals surface area contributed by atoms with Crippen LogP contribution in [0.25, 0.3) is 0 Å². The van der Waals surface area contributed by atoms with Crippen molar-refractivity contribution < 1.29 is 85.6 Å². The van der Waals surface area contributed by atoms with E-state index in [1.807, 2.05) is 0 Å². The molecule has 2 fully saturated rings. The van der Waals surface area contributed by atoms with Crippen molar-refractivity contribution in [3.05, 3.63) is 35.4 Å². The summed E-state index contributed by atoms with van der Waals surface area (Å²) in [4.78, 5) is 73.1. The highest BCUT2D eigenvalue weighted by atomic mass is 16.6. The third kappa shape index (κ3) is 7.54. The van der Waals surface area contributed by atoms with Crippen molar-refractivity contribution in [3.8, 4) is 34.5 Å². The van der Waals surface area contributed by atoms with Crippen LogP contribution in [0.15, 0.2) is 24.3 Å². The molecule has 0 N–H and O–H groups in total. The molecule has 0 amide bonds. The molecule has 0 aliphatic carbocycles. The van der Waals surface area contributed by atoms with Gasteiger partial charge in [0.15, 0.2) is 34.8 Å². The molecule has 18 heteroatoms. The Hall–Kier alpha value is -5.94. The van der Waals surface area contributed by atoms with E-state index in [4.69, 9.17) is 47.4 Å². The molecule has 0 saturated carbocycles. The van der Waals surface area contributed by atoms with Crippen LogP contribution < -0.4 is 28.4 Å². The van der Waals surface area contributed by atoms with Crippen molar-refractivity contribution >= 4 is 35.8 Å². The number of hydrogen-bond acceptors (Lipinski definition) is 18. The molecule has 4 rings (SSSR count). The highest BCUT2D eigenvalue weighted by molar-refractivity contribution is 6.02. The minimum atomic E-state index is -1.43. The summed E-state index contributed by atoms with van der Waals surface area (Å²) in [5.41, 5.74) is 0.667. The van der Waals surface area contributed by atoms with Crippen molar-refractivity contribution in [3.63, 3.8) is 0 Å². The van der Waals surface area contributed by atoms with Crippen LogP contribution in [0.3, 0.4) is 0 Å². The molecule has 2 aromatic carbocycles. The Morgan fingerprint density at radius 1 is 0.442 bits per heavy atom. The molecule has 6 atom stereocenters. The normalized spacial score (nSPS) is 21.6. The van der Waals surface area contributed by atoms with Gasteiger partial charge in [-0.05, 0) is 24.3 Å². The molecule has 0 aromatic heterocycles. The van der Waals surface area contributed by atoms with Gasteiger partial charge < -0.3 is 56.8 Å². The molecule has 0 bridgehead atoms. The first-order valence-electron chi connectivity index (χ1n) is 15.2. The average Bonchev–Trinajstić information content (AvgIpc) is 3.71. The fourth-order valence-corrected chi connectivity index (χ4v) is 5.93. The number of methoxy groups -OCH3 is 10. The Morgan fingerprint density at radius 3 is 1.00 bits per heavy atom. The summed E-state index contributed by atoms with van der Waals surface area (Å²) < 4.78 is 61.2. The molecular weight excluding hydrogens is 696 g/mol. The van der Waals surface area contributed by atoms with Crippen LogP contribution in [0.5, 0.6) is 34.5 Å². The molecule has 18 nitrogen and oxygen atoms in total. The lowest BCUT2D eigenvalue weighted by Crippen LogP contribution is -2.33. The standard InChI is InChI=1S/2C17H20O9/c2*1-21-9-7-6-8(13(22-2)14(9)23-3)12-10(15(18)24-4)11(16(19)25-5)17(20)26-12/h2*6-7,10-12H,1-5H3/t10?,11?,12-;10?,11-,12-/m00/s1. The number of benzene rings is 2. The van der Waals surface area contributed by atoms with E-state index in [9.17, 15) is 28.8 Å². The highest BCUT2D eigenvalue weighted by Gasteiger charge is 2.57. The van der Waals surface area contributed by atoms with E-state index < -0.39 is 71.7 Å². The summed E-state index contributed by atoms with van der Waals surface area (Å²) in [6, 6.07) is 6.27. The molecule has 3 unspecified atom stereocenters. The smallest absolute Gasteiger partial charge is 0.322 e. The SMILES string of the molecule is COC(=O)C1C(=O)O[C@@H](c2ccc(OC)c(OC)c2OC)C1C(=O)OC.COC(=O)C1[C@@H](C(=O)OC)C(=O)O[C@H]1c1ccc(OC)c(OC)c1OC. The molecule has 0 radical (unpaired) electrons. The minimum absolute atomic E-state index is 0.212. The van der Waals surface area contributed by atoms with Gasteiger partial charge in [-0.15, -0.1) is 0 Å². The van der Waals surface area contributed by atoms with Gasteiger partial charge in [-0.1, -0.05) is 0 Å². The van der Waals surface area contributed by atoms with Crippen LogP contribution in [0.4, 0.5) is 0 Å². The number of hydrogen-bond donors (Lipinski definition) is 0. The zero-order chi connectivity index (χ0) is 38.9. The summed E-state index contributed by atoms with van der Waals surface area (Å²) >= 11 is 0. The molecule has 284 valence electrons. The third-order valence-corrected chi connectivity index (χ3v) is 8.30. The maximum absolute atomic E-state index is 12.3. The number of ether oxygens (including phenoxy) is 12. The summed E-state index contributed by atoms with van der Waals surface area (Å²) in [7, 11) is 13.1. The second-order valence-corrected chi connectivity index (χ2v) is 10.7. The van der Waals surface area contributed by atoms with Crippen molar-refractivity contribution in [1.82, 2.24) is 0 Å². The summed E-state index contributed by atoms with van der Waals surface area (Å²) in [6.45, 7) is 0. The largest absolute Gasteiger partial charge is 0.493 e. The Labute approximate surface area is 298 Å². The first kappa shape index (κ1) is 40.5. The molecule has 52 heavy (non-hydrogen) atoms. The van der Waals surface area contributed by atoms with Gasteiger partial charge in [-0.2, -0.15) is 0 Å². The van der Waals surface area contributed by atoms with E-state index in [0.717, 1.165) is 28.4 Å². The number of carbonyl (C=O) groups is 6. The lowest BCUT2D eigenvalue weighted by molar-refractivity contribution is -0.159. The van der Waals surface area contributed by atoms with E-state index in [1.165, 1.54) is 42.7 Å². The monoisotopic (exact) mass is 736 g/mol. The molecule has 0 spiro atoms. The predicted octanol–water partition coefficient (Wildman–Crippen LogP) is 1.78.